The number of halogens is 4. The number of fused-ring (bicyclic) bond motifs is 2. The summed E-state index contributed by atoms with van der Waals surface area (Å²) in [7, 11) is 1.54. The van der Waals surface area contributed by atoms with Crippen molar-refractivity contribution in [3.05, 3.63) is 0 Å². The molecule has 128 valence electrons. The van der Waals surface area contributed by atoms with Crippen molar-refractivity contribution >= 4 is 35.8 Å². The van der Waals surface area contributed by atoms with Gasteiger partial charge in [-0.25, -0.2) is 0 Å². The fourth-order valence-corrected chi connectivity index (χ4v) is 2.59. The predicted octanol–water partition coefficient (Wildman–Crippen LogP) is 0.768. The van der Waals surface area contributed by atoms with Crippen LogP contribution in [-0.2, 0) is 9.53 Å². The van der Waals surface area contributed by atoms with E-state index in [-0.39, 0.29) is 48.8 Å². The minimum Gasteiger partial charge on any atom is -0.373 e. The summed E-state index contributed by atoms with van der Waals surface area (Å²) in [5.41, 5.74) is 0. The zero-order valence-corrected chi connectivity index (χ0v) is 14.4. The van der Waals surface area contributed by atoms with Crippen molar-refractivity contribution in [2.24, 2.45) is 4.99 Å². The van der Waals surface area contributed by atoms with Gasteiger partial charge in [0.1, 0.15) is 6.54 Å². The number of ether oxygens (including phenoxy) is 1. The molecule has 2 bridgehead atoms. The molecule has 0 aliphatic carbocycles. The molecule has 3 N–H and O–H groups in total. The Morgan fingerprint density at radius 3 is 2.55 bits per heavy atom. The molecule has 0 aromatic rings. The Labute approximate surface area is 143 Å². The monoisotopic (exact) mass is 436 g/mol. The lowest BCUT2D eigenvalue weighted by molar-refractivity contribution is -0.137. The van der Waals surface area contributed by atoms with Gasteiger partial charge in [0.05, 0.1) is 24.8 Å². The van der Waals surface area contributed by atoms with Crippen LogP contribution in [0.1, 0.15) is 19.3 Å². The van der Waals surface area contributed by atoms with E-state index in [4.69, 9.17) is 4.74 Å². The topological polar surface area (TPSA) is 74.8 Å². The SMILES string of the molecule is CN=C(NCC(=O)NCC(F)(F)F)NC1CC2CCC1O2.I. The zero-order chi connectivity index (χ0) is 15.5. The van der Waals surface area contributed by atoms with Crippen LogP contribution in [0, 0.1) is 0 Å². The second-order valence-corrected chi connectivity index (χ2v) is 5.18. The first-order chi connectivity index (χ1) is 9.87. The highest BCUT2D eigenvalue weighted by Gasteiger charge is 2.41. The van der Waals surface area contributed by atoms with E-state index >= 15 is 0 Å². The molecule has 0 saturated carbocycles. The highest BCUT2D eigenvalue weighted by Crippen LogP contribution is 2.34. The summed E-state index contributed by atoms with van der Waals surface area (Å²) in [5.74, 6) is -0.349. The van der Waals surface area contributed by atoms with Crippen LogP contribution in [0.3, 0.4) is 0 Å². The molecule has 2 fully saturated rings. The molecule has 2 aliphatic heterocycles. The number of hydrogen-bond donors (Lipinski definition) is 3. The second-order valence-electron chi connectivity index (χ2n) is 5.18. The van der Waals surface area contributed by atoms with Crippen LogP contribution in [0.5, 0.6) is 0 Å². The number of rotatable bonds is 4. The normalized spacial score (nSPS) is 27.3. The van der Waals surface area contributed by atoms with Crippen LogP contribution in [0.15, 0.2) is 4.99 Å². The van der Waals surface area contributed by atoms with E-state index in [1.807, 2.05) is 0 Å². The molecule has 2 saturated heterocycles. The van der Waals surface area contributed by atoms with Crippen LogP contribution >= 0.6 is 24.0 Å². The Kier molecular flexibility index (Phi) is 7.16. The lowest BCUT2D eigenvalue weighted by atomic mass is 9.96. The molecule has 2 aliphatic rings. The van der Waals surface area contributed by atoms with Crippen molar-refractivity contribution in [1.29, 1.82) is 0 Å². The van der Waals surface area contributed by atoms with Gasteiger partial charge in [-0.15, -0.1) is 24.0 Å². The lowest BCUT2D eigenvalue weighted by Crippen LogP contribution is -2.50. The van der Waals surface area contributed by atoms with E-state index < -0.39 is 18.6 Å². The molecule has 2 heterocycles. The first kappa shape index (κ1) is 19.3. The van der Waals surface area contributed by atoms with Crippen molar-refractivity contribution in [1.82, 2.24) is 16.0 Å². The third-order valence-electron chi connectivity index (χ3n) is 3.55. The molecular weight excluding hydrogens is 416 g/mol. The summed E-state index contributed by atoms with van der Waals surface area (Å²) in [6.45, 7) is -1.60. The molecule has 0 aromatic carbocycles. The fraction of sp³-hybridized carbons (Fsp3) is 0.833. The van der Waals surface area contributed by atoms with Crippen molar-refractivity contribution in [3.63, 3.8) is 0 Å². The van der Waals surface area contributed by atoms with Crippen LogP contribution < -0.4 is 16.0 Å². The fourth-order valence-electron chi connectivity index (χ4n) is 2.59. The van der Waals surface area contributed by atoms with Crippen molar-refractivity contribution < 1.29 is 22.7 Å². The van der Waals surface area contributed by atoms with E-state index in [2.05, 4.69) is 15.6 Å². The van der Waals surface area contributed by atoms with Gasteiger partial charge in [-0.1, -0.05) is 0 Å². The quantitative estimate of drug-likeness (QED) is 0.346. The minimum atomic E-state index is -4.41. The number of nitrogens with zero attached hydrogens (tertiary/aromatic N) is 1. The molecule has 6 nitrogen and oxygen atoms in total. The van der Waals surface area contributed by atoms with Crippen LogP contribution in [0.25, 0.3) is 0 Å². The minimum absolute atomic E-state index is 0. The maximum atomic E-state index is 12.0. The molecule has 0 aromatic heterocycles. The highest BCUT2D eigenvalue weighted by atomic mass is 127. The summed E-state index contributed by atoms with van der Waals surface area (Å²) in [6.07, 6.45) is -1.05. The lowest BCUT2D eigenvalue weighted by Gasteiger charge is -2.22. The zero-order valence-electron chi connectivity index (χ0n) is 12.1. The second kappa shape index (κ2) is 8.18. The molecule has 3 atom stereocenters. The first-order valence-corrected chi connectivity index (χ1v) is 6.83. The average molecular weight is 436 g/mol. The number of guanidine groups is 1. The molecule has 10 heteroatoms. The summed E-state index contributed by atoms with van der Waals surface area (Å²) in [5, 5.41) is 7.62. The van der Waals surface area contributed by atoms with Gasteiger partial charge in [0.2, 0.25) is 5.91 Å². The van der Waals surface area contributed by atoms with E-state index in [0.29, 0.717) is 5.96 Å². The Hall–Kier alpha value is -0.780. The molecule has 3 unspecified atom stereocenters. The van der Waals surface area contributed by atoms with Gasteiger partial charge in [-0.3, -0.25) is 9.79 Å². The van der Waals surface area contributed by atoms with Crippen LogP contribution in [0.4, 0.5) is 13.2 Å². The molecule has 22 heavy (non-hydrogen) atoms. The van der Waals surface area contributed by atoms with Gasteiger partial charge < -0.3 is 20.7 Å². The van der Waals surface area contributed by atoms with Crippen LogP contribution in [-0.4, -0.2) is 56.4 Å². The van der Waals surface area contributed by atoms with Gasteiger partial charge in [-0.2, -0.15) is 13.2 Å². The van der Waals surface area contributed by atoms with Gasteiger partial charge in [0, 0.05) is 7.05 Å². The maximum Gasteiger partial charge on any atom is 0.405 e. The Bertz CT molecular complexity index is 420. The van der Waals surface area contributed by atoms with Gasteiger partial charge in [-0.05, 0) is 19.3 Å². The van der Waals surface area contributed by atoms with Crippen LogP contribution in [0.2, 0.25) is 0 Å². The predicted molar refractivity (Wildman–Crippen MR) is 85.3 cm³/mol. The van der Waals surface area contributed by atoms with E-state index in [0.717, 1.165) is 19.3 Å². The Balaban J connectivity index is 0.00000242. The Morgan fingerprint density at radius 1 is 1.32 bits per heavy atom. The molecule has 2 rings (SSSR count). The van der Waals surface area contributed by atoms with Gasteiger partial charge in [0.15, 0.2) is 5.96 Å². The number of aliphatic imine (C=N–C) groups is 1. The number of amides is 1. The van der Waals surface area contributed by atoms with E-state index in [1.165, 1.54) is 7.05 Å². The largest absolute Gasteiger partial charge is 0.405 e. The highest BCUT2D eigenvalue weighted by molar-refractivity contribution is 14.0. The molecule has 0 radical (unpaired) electrons. The average Bonchev–Trinajstić information content (AvgIpc) is 3.02. The summed E-state index contributed by atoms with van der Waals surface area (Å²) < 4.78 is 41.5. The van der Waals surface area contributed by atoms with E-state index in [1.54, 1.807) is 5.32 Å². The standard InChI is InChI=1S/C12H19F3N4O2.HI/c1-16-11(17-5-10(20)18-6-12(13,14)15)19-8-4-7-2-3-9(8)21-7;/h7-9H,2-6H2,1H3,(H,18,20)(H2,16,17,19);1H. The molecule has 1 amide bonds. The van der Waals surface area contributed by atoms with E-state index in [9.17, 15) is 18.0 Å². The first-order valence-electron chi connectivity index (χ1n) is 6.83. The third kappa shape index (κ3) is 5.78. The van der Waals surface area contributed by atoms with Crippen molar-refractivity contribution in [3.8, 4) is 0 Å². The number of alkyl halides is 3. The summed E-state index contributed by atoms with van der Waals surface area (Å²) in [6, 6.07) is 0.133. The number of carbonyl (C=O) groups is 1. The number of hydrogen-bond acceptors (Lipinski definition) is 3. The Morgan fingerprint density at radius 2 is 2.05 bits per heavy atom. The molecular formula is C12H20F3IN4O2. The number of nitrogens with one attached hydrogen (secondary N) is 3. The summed E-state index contributed by atoms with van der Waals surface area (Å²) in [4.78, 5) is 15.2. The number of carbonyl (C=O) groups excluding carboxylic acids is 1. The summed E-state index contributed by atoms with van der Waals surface area (Å²) >= 11 is 0. The molecule has 0 spiro atoms. The van der Waals surface area contributed by atoms with Crippen molar-refractivity contribution in [2.45, 2.75) is 43.7 Å². The smallest absolute Gasteiger partial charge is 0.373 e. The van der Waals surface area contributed by atoms with Gasteiger partial charge >= 0.3 is 6.18 Å². The third-order valence-corrected chi connectivity index (χ3v) is 3.55. The van der Waals surface area contributed by atoms with Gasteiger partial charge in [0.25, 0.3) is 0 Å². The maximum absolute atomic E-state index is 12.0. The van der Waals surface area contributed by atoms with Crippen molar-refractivity contribution in [2.75, 3.05) is 20.1 Å².